The minimum absolute atomic E-state index is 0.120. The fraction of sp³-hybridized carbons (Fsp3) is 0.233. The van der Waals surface area contributed by atoms with E-state index in [1.165, 1.54) is 5.52 Å². The van der Waals surface area contributed by atoms with Gasteiger partial charge in [-0.05, 0) is 49.7 Å². The van der Waals surface area contributed by atoms with Crippen molar-refractivity contribution >= 4 is 48.5 Å². The summed E-state index contributed by atoms with van der Waals surface area (Å²) in [5.41, 5.74) is 2.92. The zero-order chi connectivity index (χ0) is 26.7. The fourth-order valence-corrected chi connectivity index (χ4v) is 6.24. The zero-order valence-corrected chi connectivity index (χ0v) is 22.5. The summed E-state index contributed by atoms with van der Waals surface area (Å²) in [6.45, 7) is 4.83. The van der Waals surface area contributed by atoms with Crippen LogP contribution < -0.4 is 10.0 Å². The second kappa shape index (κ2) is 10.9. The molecule has 2 N–H and O–H groups in total. The van der Waals surface area contributed by atoms with E-state index in [9.17, 15) is 13.2 Å². The predicted octanol–water partition coefficient (Wildman–Crippen LogP) is 4.61. The van der Waals surface area contributed by atoms with Gasteiger partial charge in [-0.1, -0.05) is 54.6 Å². The highest BCUT2D eigenvalue weighted by Crippen LogP contribution is 2.29. The van der Waals surface area contributed by atoms with E-state index in [1.807, 2.05) is 72.6 Å². The predicted molar refractivity (Wildman–Crippen MR) is 154 cm³/mol. The van der Waals surface area contributed by atoms with E-state index in [1.54, 1.807) is 12.1 Å². The molecule has 0 aliphatic heterocycles. The maximum Gasteiger partial charge on any atom is 0.251 e. The van der Waals surface area contributed by atoms with Gasteiger partial charge in [-0.25, -0.2) is 13.1 Å². The van der Waals surface area contributed by atoms with Crippen molar-refractivity contribution in [3.63, 3.8) is 0 Å². The molecule has 0 radical (unpaired) electrons. The molecule has 0 unspecified atom stereocenters. The Morgan fingerprint density at radius 3 is 2.32 bits per heavy atom. The Labute approximate surface area is 223 Å². The fourth-order valence-electron chi connectivity index (χ4n) is 4.99. The highest BCUT2D eigenvalue weighted by Gasteiger charge is 2.17. The lowest BCUT2D eigenvalue weighted by Crippen LogP contribution is -2.37. The first kappa shape index (κ1) is 25.9. The van der Waals surface area contributed by atoms with E-state index in [-0.39, 0.29) is 17.3 Å². The largest absolute Gasteiger partial charge is 0.351 e. The van der Waals surface area contributed by atoms with Crippen molar-refractivity contribution in [1.82, 2.24) is 19.5 Å². The molecular formula is C30H32N4O3S. The number of nitrogens with one attached hydrogen (secondary N) is 2. The SMILES string of the molecule is CCn1c2ccccc2c2cc(C(=O)NCCN(C)CCNS(=O)(=O)c3cccc4ccccc34)ccc21. The van der Waals surface area contributed by atoms with Crippen LogP contribution in [0.1, 0.15) is 17.3 Å². The van der Waals surface area contributed by atoms with Gasteiger partial charge in [0.15, 0.2) is 0 Å². The Bertz CT molecular complexity index is 1720. The Kier molecular flexibility index (Phi) is 7.46. The highest BCUT2D eigenvalue weighted by atomic mass is 32.2. The van der Waals surface area contributed by atoms with Crippen LogP contribution in [0.4, 0.5) is 0 Å². The molecule has 5 aromatic rings. The lowest BCUT2D eigenvalue weighted by molar-refractivity contribution is 0.0950. The second-order valence-corrected chi connectivity index (χ2v) is 11.2. The molecule has 5 rings (SSSR count). The summed E-state index contributed by atoms with van der Waals surface area (Å²) in [7, 11) is -1.73. The number of carbonyl (C=O) groups is 1. The molecular weight excluding hydrogens is 496 g/mol. The molecule has 0 fully saturated rings. The van der Waals surface area contributed by atoms with E-state index in [0.717, 1.165) is 28.2 Å². The van der Waals surface area contributed by atoms with Gasteiger partial charge in [0, 0.05) is 65.5 Å². The highest BCUT2D eigenvalue weighted by molar-refractivity contribution is 7.89. The number of amides is 1. The number of likely N-dealkylation sites (N-methyl/N-ethyl adjacent to an activating group) is 1. The number of carbonyl (C=O) groups excluding carboxylic acids is 1. The Morgan fingerprint density at radius 2 is 1.50 bits per heavy atom. The Balaban J connectivity index is 1.15. The van der Waals surface area contributed by atoms with E-state index in [0.29, 0.717) is 30.6 Å². The quantitative estimate of drug-likeness (QED) is 0.277. The summed E-state index contributed by atoms with van der Waals surface area (Å²) >= 11 is 0. The minimum Gasteiger partial charge on any atom is -0.351 e. The van der Waals surface area contributed by atoms with E-state index in [4.69, 9.17) is 0 Å². The number of sulfonamides is 1. The first-order valence-electron chi connectivity index (χ1n) is 12.8. The average Bonchev–Trinajstić information content (AvgIpc) is 3.25. The average molecular weight is 529 g/mol. The van der Waals surface area contributed by atoms with E-state index >= 15 is 0 Å². The summed E-state index contributed by atoms with van der Waals surface area (Å²) in [6, 6.07) is 26.8. The maximum absolute atomic E-state index is 12.9. The number of fused-ring (bicyclic) bond motifs is 4. The van der Waals surface area contributed by atoms with Gasteiger partial charge < -0.3 is 14.8 Å². The van der Waals surface area contributed by atoms with Crippen LogP contribution in [0.15, 0.2) is 89.8 Å². The standard InChI is InChI=1S/C30H32N4O3S/c1-3-34-27-13-7-6-12-25(27)26-21-23(15-16-28(26)34)30(35)31-17-19-33(2)20-18-32-38(36,37)29-14-8-10-22-9-4-5-11-24(22)29/h4-16,21,32H,3,17-20H2,1-2H3,(H,31,35). The maximum atomic E-state index is 12.9. The third-order valence-electron chi connectivity index (χ3n) is 6.95. The Hall–Kier alpha value is -3.72. The second-order valence-electron chi connectivity index (χ2n) is 9.43. The summed E-state index contributed by atoms with van der Waals surface area (Å²) in [5.74, 6) is -0.120. The lowest BCUT2D eigenvalue weighted by atomic mass is 10.1. The molecule has 0 aliphatic rings. The zero-order valence-electron chi connectivity index (χ0n) is 21.6. The van der Waals surface area contributed by atoms with Crippen molar-refractivity contribution in [1.29, 1.82) is 0 Å². The van der Waals surface area contributed by atoms with Crippen LogP contribution in [0.2, 0.25) is 0 Å². The minimum atomic E-state index is -3.63. The van der Waals surface area contributed by atoms with Crippen LogP contribution >= 0.6 is 0 Å². The van der Waals surface area contributed by atoms with Crippen molar-refractivity contribution in [3.05, 3.63) is 90.5 Å². The van der Waals surface area contributed by atoms with Crippen LogP contribution in [0.5, 0.6) is 0 Å². The molecule has 0 saturated heterocycles. The van der Waals surface area contributed by atoms with Crippen molar-refractivity contribution in [2.24, 2.45) is 0 Å². The molecule has 0 saturated carbocycles. The van der Waals surface area contributed by atoms with Gasteiger partial charge in [-0.3, -0.25) is 4.79 Å². The molecule has 7 nitrogen and oxygen atoms in total. The molecule has 1 heterocycles. The van der Waals surface area contributed by atoms with Gasteiger partial charge in [0.2, 0.25) is 10.0 Å². The smallest absolute Gasteiger partial charge is 0.251 e. The lowest BCUT2D eigenvalue weighted by Gasteiger charge is -2.17. The summed E-state index contributed by atoms with van der Waals surface area (Å²) < 4.78 is 30.8. The number of rotatable bonds is 10. The van der Waals surface area contributed by atoms with Gasteiger partial charge in [-0.2, -0.15) is 0 Å². The van der Waals surface area contributed by atoms with E-state index < -0.39 is 10.0 Å². The van der Waals surface area contributed by atoms with Crippen molar-refractivity contribution in [3.8, 4) is 0 Å². The molecule has 1 aromatic heterocycles. The number of para-hydroxylation sites is 1. The first-order chi connectivity index (χ1) is 18.4. The summed E-state index contributed by atoms with van der Waals surface area (Å²) in [4.78, 5) is 15.1. The first-order valence-corrected chi connectivity index (χ1v) is 14.3. The van der Waals surface area contributed by atoms with Crippen molar-refractivity contribution < 1.29 is 13.2 Å². The molecule has 0 atom stereocenters. The van der Waals surface area contributed by atoms with Gasteiger partial charge in [0.25, 0.3) is 5.91 Å². The van der Waals surface area contributed by atoms with Gasteiger partial charge in [-0.15, -0.1) is 0 Å². The summed E-state index contributed by atoms with van der Waals surface area (Å²) in [5, 5.41) is 6.80. The number of aromatic nitrogens is 1. The number of aryl methyl sites for hydroxylation is 1. The van der Waals surface area contributed by atoms with Crippen molar-refractivity contribution in [2.45, 2.75) is 18.4 Å². The Morgan fingerprint density at radius 1 is 0.816 bits per heavy atom. The number of benzene rings is 4. The molecule has 1 amide bonds. The van der Waals surface area contributed by atoms with Crippen molar-refractivity contribution in [2.75, 3.05) is 33.2 Å². The van der Waals surface area contributed by atoms with Gasteiger partial charge in [0.1, 0.15) is 0 Å². The number of hydrogen-bond acceptors (Lipinski definition) is 4. The monoisotopic (exact) mass is 528 g/mol. The normalized spacial score (nSPS) is 12.1. The number of hydrogen-bond donors (Lipinski definition) is 2. The van der Waals surface area contributed by atoms with Crippen LogP contribution in [0, 0.1) is 0 Å². The summed E-state index contributed by atoms with van der Waals surface area (Å²) in [6.07, 6.45) is 0. The van der Waals surface area contributed by atoms with E-state index in [2.05, 4.69) is 33.7 Å². The molecule has 196 valence electrons. The third kappa shape index (κ3) is 5.15. The number of nitrogens with zero attached hydrogens (tertiary/aromatic N) is 2. The molecule has 0 bridgehead atoms. The molecule has 38 heavy (non-hydrogen) atoms. The topological polar surface area (TPSA) is 83.4 Å². The third-order valence-corrected chi connectivity index (χ3v) is 8.47. The molecule has 0 spiro atoms. The van der Waals surface area contributed by atoms with Gasteiger partial charge >= 0.3 is 0 Å². The van der Waals surface area contributed by atoms with Crippen LogP contribution in [0.25, 0.3) is 32.6 Å². The van der Waals surface area contributed by atoms with Gasteiger partial charge in [0.05, 0.1) is 4.90 Å². The molecule has 4 aromatic carbocycles. The van der Waals surface area contributed by atoms with Crippen LogP contribution in [-0.4, -0.2) is 57.0 Å². The molecule has 0 aliphatic carbocycles. The van der Waals surface area contributed by atoms with Crippen LogP contribution in [0.3, 0.4) is 0 Å². The van der Waals surface area contributed by atoms with Crippen LogP contribution in [-0.2, 0) is 16.6 Å². The molecule has 8 heteroatoms.